The van der Waals surface area contributed by atoms with Crippen molar-refractivity contribution < 1.29 is 4.79 Å². The number of amides is 1. The molecule has 1 aliphatic carbocycles. The first-order valence-electron chi connectivity index (χ1n) is 11.9. The minimum absolute atomic E-state index is 0.0564. The van der Waals surface area contributed by atoms with Crippen LogP contribution in [-0.2, 0) is 6.54 Å². The normalized spacial score (nSPS) is 15.6. The minimum Gasteiger partial charge on any atom is -0.356 e. The van der Waals surface area contributed by atoms with Crippen LogP contribution in [0.4, 0.5) is 5.82 Å². The van der Waals surface area contributed by atoms with Gasteiger partial charge in [0.25, 0.3) is 5.91 Å². The Morgan fingerprint density at radius 2 is 1.82 bits per heavy atom. The molecule has 4 aromatic rings. The van der Waals surface area contributed by atoms with Crippen LogP contribution < -0.4 is 4.90 Å². The fraction of sp³-hybridized carbons (Fsp3) is 0.296. The van der Waals surface area contributed by atoms with Gasteiger partial charge < -0.3 is 9.80 Å². The lowest BCUT2D eigenvalue weighted by atomic mass is 10.0. The van der Waals surface area contributed by atoms with E-state index in [2.05, 4.69) is 67.3 Å². The van der Waals surface area contributed by atoms with Crippen molar-refractivity contribution >= 4 is 22.6 Å². The van der Waals surface area contributed by atoms with Gasteiger partial charge in [-0.2, -0.15) is 0 Å². The van der Waals surface area contributed by atoms with Gasteiger partial charge in [-0.15, -0.1) is 0 Å². The molecule has 1 saturated carbocycles. The maximum Gasteiger partial charge on any atom is 0.274 e. The second kappa shape index (κ2) is 8.82. The summed E-state index contributed by atoms with van der Waals surface area (Å²) in [6.07, 6.45) is 10.9. The Hall–Kier alpha value is -3.87. The van der Waals surface area contributed by atoms with E-state index in [0.29, 0.717) is 12.2 Å². The molecule has 1 aliphatic heterocycles. The Bertz CT molecular complexity index is 1330. The molecular weight excluding hydrogens is 424 g/mol. The zero-order valence-electron chi connectivity index (χ0n) is 19.0. The van der Waals surface area contributed by atoms with Crippen molar-refractivity contribution in [2.24, 2.45) is 0 Å². The van der Waals surface area contributed by atoms with E-state index in [4.69, 9.17) is 0 Å². The number of carbonyl (C=O) groups excluding carboxylic acids is 1. The summed E-state index contributed by atoms with van der Waals surface area (Å²) in [6.45, 7) is 2.65. The third kappa shape index (κ3) is 4.09. The van der Waals surface area contributed by atoms with Gasteiger partial charge in [0.1, 0.15) is 17.8 Å². The number of nitrogens with zero attached hydrogens (tertiary/aromatic N) is 6. The largest absolute Gasteiger partial charge is 0.356 e. The Balaban J connectivity index is 1.31. The van der Waals surface area contributed by atoms with Gasteiger partial charge in [-0.1, -0.05) is 24.3 Å². The number of aromatic nitrogens is 4. The maximum atomic E-state index is 13.1. The molecule has 7 nitrogen and oxygen atoms in total. The summed E-state index contributed by atoms with van der Waals surface area (Å²) < 4.78 is 0. The molecule has 2 aromatic carbocycles. The van der Waals surface area contributed by atoms with Gasteiger partial charge in [-0.3, -0.25) is 9.78 Å². The predicted molar refractivity (Wildman–Crippen MR) is 131 cm³/mol. The van der Waals surface area contributed by atoms with Crippen LogP contribution in [0.2, 0.25) is 0 Å². The SMILES string of the molecule is O=C(c1cnccn1)N(Cc1cccc(-c2ccc3ncnc(N4CCCC4)c3c2)c1)C1CC1. The summed E-state index contributed by atoms with van der Waals surface area (Å²) in [5, 5.41) is 1.09. The molecule has 2 aromatic heterocycles. The van der Waals surface area contributed by atoms with Crippen molar-refractivity contribution in [3.8, 4) is 11.1 Å². The van der Waals surface area contributed by atoms with Gasteiger partial charge in [0.05, 0.1) is 11.7 Å². The molecule has 34 heavy (non-hydrogen) atoms. The molecule has 0 bridgehead atoms. The zero-order valence-corrected chi connectivity index (χ0v) is 19.0. The Morgan fingerprint density at radius 1 is 0.971 bits per heavy atom. The van der Waals surface area contributed by atoms with Gasteiger partial charge in [0.2, 0.25) is 0 Å². The molecule has 2 aliphatic rings. The van der Waals surface area contributed by atoms with Crippen LogP contribution in [0.1, 0.15) is 41.7 Å². The van der Waals surface area contributed by atoms with Crippen molar-refractivity contribution in [2.75, 3.05) is 18.0 Å². The van der Waals surface area contributed by atoms with E-state index in [0.717, 1.165) is 59.3 Å². The van der Waals surface area contributed by atoms with Crippen molar-refractivity contribution in [2.45, 2.75) is 38.3 Å². The third-order valence-electron chi connectivity index (χ3n) is 6.66. The van der Waals surface area contributed by atoms with Gasteiger partial charge in [-0.25, -0.2) is 15.0 Å². The fourth-order valence-corrected chi connectivity index (χ4v) is 4.76. The van der Waals surface area contributed by atoms with Crippen LogP contribution >= 0.6 is 0 Å². The lowest BCUT2D eigenvalue weighted by Gasteiger charge is -2.22. The van der Waals surface area contributed by atoms with Gasteiger partial charge >= 0.3 is 0 Å². The molecule has 0 unspecified atom stereocenters. The molecule has 170 valence electrons. The summed E-state index contributed by atoms with van der Waals surface area (Å²) in [7, 11) is 0. The lowest BCUT2D eigenvalue weighted by Crippen LogP contribution is -2.33. The first-order chi connectivity index (χ1) is 16.8. The topological polar surface area (TPSA) is 75.1 Å². The second-order valence-electron chi connectivity index (χ2n) is 9.08. The molecule has 7 heteroatoms. The Labute approximate surface area is 198 Å². The molecule has 2 fully saturated rings. The first-order valence-corrected chi connectivity index (χ1v) is 11.9. The van der Waals surface area contributed by atoms with Crippen molar-refractivity contribution in [1.82, 2.24) is 24.8 Å². The molecular formula is C27H26N6O. The smallest absolute Gasteiger partial charge is 0.274 e. The number of rotatable bonds is 6. The number of benzene rings is 2. The number of anilines is 1. The standard InChI is InChI=1S/C27H26N6O/c34-27(25-16-28-10-11-29-25)33(22-7-8-22)17-19-4-3-5-20(14-19)21-6-9-24-23(15-21)26(31-18-30-24)32-12-1-2-13-32/h3-6,9-11,14-16,18,22H,1-2,7-8,12-13,17H2. The molecule has 0 atom stereocenters. The van der Waals surface area contributed by atoms with Crippen molar-refractivity contribution in [3.63, 3.8) is 0 Å². The summed E-state index contributed by atoms with van der Waals surface area (Å²) in [5.41, 5.74) is 4.72. The average molecular weight is 451 g/mol. The van der Waals surface area contributed by atoms with E-state index in [-0.39, 0.29) is 11.9 Å². The minimum atomic E-state index is -0.0564. The molecule has 0 radical (unpaired) electrons. The van der Waals surface area contributed by atoms with E-state index in [1.165, 1.54) is 12.8 Å². The Morgan fingerprint density at radius 3 is 2.62 bits per heavy atom. The zero-order chi connectivity index (χ0) is 22.9. The highest BCUT2D eigenvalue weighted by Gasteiger charge is 2.33. The summed E-state index contributed by atoms with van der Waals surface area (Å²) in [6, 6.07) is 15.1. The van der Waals surface area contributed by atoms with E-state index in [1.54, 1.807) is 24.9 Å². The number of fused-ring (bicyclic) bond motifs is 1. The number of hydrogen-bond donors (Lipinski definition) is 0. The first kappa shape index (κ1) is 20.7. The Kier molecular flexibility index (Phi) is 5.37. The fourth-order valence-electron chi connectivity index (χ4n) is 4.76. The maximum absolute atomic E-state index is 13.1. The molecule has 1 saturated heterocycles. The van der Waals surface area contributed by atoms with Crippen LogP contribution in [0.3, 0.4) is 0 Å². The van der Waals surface area contributed by atoms with Crippen molar-refractivity contribution in [1.29, 1.82) is 0 Å². The highest BCUT2D eigenvalue weighted by molar-refractivity contribution is 5.93. The van der Waals surface area contributed by atoms with E-state index in [9.17, 15) is 4.79 Å². The van der Waals surface area contributed by atoms with Gasteiger partial charge in [0.15, 0.2) is 0 Å². The number of carbonyl (C=O) groups is 1. The summed E-state index contributed by atoms with van der Waals surface area (Å²) in [5.74, 6) is 0.967. The average Bonchev–Trinajstić information content (AvgIpc) is 3.59. The van der Waals surface area contributed by atoms with E-state index < -0.39 is 0 Å². The predicted octanol–water partition coefficient (Wildman–Crippen LogP) is 4.49. The number of hydrogen-bond acceptors (Lipinski definition) is 6. The van der Waals surface area contributed by atoms with Crippen molar-refractivity contribution in [3.05, 3.63) is 78.6 Å². The van der Waals surface area contributed by atoms with Crippen LogP contribution in [0.15, 0.2) is 67.4 Å². The highest BCUT2D eigenvalue weighted by atomic mass is 16.2. The summed E-state index contributed by atoms with van der Waals surface area (Å²) in [4.78, 5) is 34.8. The monoisotopic (exact) mass is 450 g/mol. The molecule has 3 heterocycles. The van der Waals surface area contributed by atoms with Gasteiger partial charge in [-0.05, 0) is 60.6 Å². The van der Waals surface area contributed by atoms with Crippen LogP contribution in [0, 0.1) is 0 Å². The van der Waals surface area contributed by atoms with Gasteiger partial charge in [0, 0.05) is 43.5 Å². The second-order valence-corrected chi connectivity index (χ2v) is 9.08. The lowest BCUT2D eigenvalue weighted by molar-refractivity contribution is 0.0723. The molecule has 0 N–H and O–H groups in total. The third-order valence-corrected chi connectivity index (χ3v) is 6.66. The molecule has 6 rings (SSSR count). The molecule has 1 amide bonds. The quantitative estimate of drug-likeness (QED) is 0.431. The van der Waals surface area contributed by atoms with Crippen LogP contribution in [0.5, 0.6) is 0 Å². The van der Waals surface area contributed by atoms with Crippen LogP contribution in [-0.4, -0.2) is 49.9 Å². The van der Waals surface area contributed by atoms with E-state index >= 15 is 0 Å². The molecule has 0 spiro atoms. The van der Waals surface area contributed by atoms with Crippen LogP contribution in [0.25, 0.3) is 22.0 Å². The highest BCUT2D eigenvalue weighted by Crippen LogP contribution is 2.32. The van der Waals surface area contributed by atoms with E-state index in [1.807, 2.05) is 4.90 Å². The summed E-state index contributed by atoms with van der Waals surface area (Å²) >= 11 is 0.